The van der Waals surface area contributed by atoms with Crippen molar-refractivity contribution in [2.75, 3.05) is 29.9 Å². The summed E-state index contributed by atoms with van der Waals surface area (Å²) in [5.74, 6) is 1.44. The average molecular weight is 350 g/mol. The number of halogens is 1. The molecule has 1 fully saturated rings. The minimum absolute atomic E-state index is 0.273. The molecule has 132 valence electrons. The Morgan fingerprint density at radius 3 is 2.88 bits per heavy atom. The van der Waals surface area contributed by atoms with Crippen molar-refractivity contribution >= 4 is 22.5 Å². The molecule has 3 heterocycles. The van der Waals surface area contributed by atoms with E-state index >= 15 is 0 Å². The van der Waals surface area contributed by atoms with E-state index in [0.717, 1.165) is 54.2 Å². The fourth-order valence-electron chi connectivity index (χ4n) is 3.83. The van der Waals surface area contributed by atoms with Crippen molar-refractivity contribution in [1.82, 2.24) is 20.2 Å². The second kappa shape index (κ2) is 5.86. The third kappa shape index (κ3) is 2.46. The summed E-state index contributed by atoms with van der Waals surface area (Å²) in [6.07, 6.45) is 4.86. The first kappa shape index (κ1) is 15.4. The predicted molar refractivity (Wildman–Crippen MR) is 98.0 cm³/mol. The lowest BCUT2D eigenvalue weighted by atomic mass is 10.1. The van der Waals surface area contributed by atoms with Crippen LogP contribution in [0.5, 0.6) is 0 Å². The maximum Gasteiger partial charge on any atom is 0.151 e. The molecule has 1 saturated heterocycles. The zero-order chi connectivity index (χ0) is 17.7. The van der Waals surface area contributed by atoms with E-state index in [4.69, 9.17) is 0 Å². The van der Waals surface area contributed by atoms with Gasteiger partial charge in [-0.3, -0.25) is 0 Å². The van der Waals surface area contributed by atoms with E-state index in [1.807, 2.05) is 7.05 Å². The van der Waals surface area contributed by atoms with Crippen LogP contribution in [0.3, 0.4) is 0 Å². The molecule has 0 radical (unpaired) electrons. The summed E-state index contributed by atoms with van der Waals surface area (Å²) in [4.78, 5) is 13.0. The number of likely N-dealkylation sites (N-methyl/N-ethyl adjacent to an activating group) is 1. The van der Waals surface area contributed by atoms with Crippen LogP contribution < -0.4 is 9.80 Å². The maximum absolute atomic E-state index is 13.7. The smallest absolute Gasteiger partial charge is 0.151 e. The van der Waals surface area contributed by atoms with Gasteiger partial charge in [-0.2, -0.15) is 5.10 Å². The minimum atomic E-state index is -0.273. The molecule has 2 aliphatic rings. The molecule has 3 aromatic rings. The topological polar surface area (TPSA) is 58.0 Å². The number of aryl methyl sites for hydroxylation is 2. The van der Waals surface area contributed by atoms with Gasteiger partial charge in [0.2, 0.25) is 0 Å². The Bertz CT molecular complexity index is 985. The summed E-state index contributed by atoms with van der Waals surface area (Å²) in [5, 5.41) is 9.50. The largest absolute Gasteiger partial charge is 0.353 e. The van der Waals surface area contributed by atoms with Crippen LogP contribution in [0.25, 0.3) is 10.9 Å². The molecule has 0 N–H and O–H groups in total. The number of hydrogen-bond acceptors (Lipinski definition) is 6. The number of hydrogen-bond donors (Lipinski definition) is 0. The van der Waals surface area contributed by atoms with Crippen LogP contribution in [-0.4, -0.2) is 46.3 Å². The van der Waals surface area contributed by atoms with E-state index < -0.39 is 0 Å². The van der Waals surface area contributed by atoms with E-state index in [1.165, 1.54) is 30.4 Å². The second-order valence-electron chi connectivity index (χ2n) is 7.06. The number of aromatic nitrogens is 4. The molecule has 1 aromatic carbocycles. The van der Waals surface area contributed by atoms with Crippen molar-refractivity contribution in [3.05, 3.63) is 47.7 Å². The fraction of sp³-hybridized carbons (Fsp3) is 0.368. The van der Waals surface area contributed by atoms with Crippen LogP contribution in [0.1, 0.15) is 17.7 Å². The number of benzene rings is 1. The molecule has 7 heteroatoms. The normalized spacial score (nSPS) is 16.6. The number of nitrogens with zero attached hydrogens (tertiary/aromatic N) is 6. The van der Waals surface area contributed by atoms with Gasteiger partial charge < -0.3 is 9.80 Å². The van der Waals surface area contributed by atoms with Crippen molar-refractivity contribution in [1.29, 1.82) is 0 Å². The zero-order valence-corrected chi connectivity index (χ0v) is 14.6. The van der Waals surface area contributed by atoms with Gasteiger partial charge >= 0.3 is 0 Å². The summed E-state index contributed by atoms with van der Waals surface area (Å²) < 4.78 is 13.7. The molecule has 6 nitrogen and oxygen atoms in total. The van der Waals surface area contributed by atoms with Gasteiger partial charge in [-0.05, 0) is 49.1 Å². The standard InChI is InChI=1S/C19H19FN6/c1-25(19-15-8-13(20)5-6-17(15)21-11-22-19)14-9-26(10-14)18-7-12-3-2-4-16(12)23-24-18/h5-8,11,14H,2-4,9-10H2,1H3. The van der Waals surface area contributed by atoms with Crippen LogP contribution in [0.2, 0.25) is 0 Å². The van der Waals surface area contributed by atoms with Crippen molar-refractivity contribution in [2.24, 2.45) is 0 Å². The van der Waals surface area contributed by atoms with E-state index in [-0.39, 0.29) is 5.82 Å². The van der Waals surface area contributed by atoms with Gasteiger partial charge in [0.15, 0.2) is 5.82 Å². The van der Waals surface area contributed by atoms with Gasteiger partial charge in [0.1, 0.15) is 18.0 Å². The highest BCUT2D eigenvalue weighted by atomic mass is 19.1. The Hall–Kier alpha value is -2.83. The summed E-state index contributed by atoms with van der Waals surface area (Å²) in [5.41, 5.74) is 3.24. The quantitative estimate of drug-likeness (QED) is 0.723. The van der Waals surface area contributed by atoms with E-state index in [1.54, 1.807) is 6.07 Å². The molecule has 0 spiro atoms. The van der Waals surface area contributed by atoms with Gasteiger partial charge in [-0.1, -0.05) is 0 Å². The third-order valence-electron chi connectivity index (χ3n) is 5.45. The Balaban J connectivity index is 1.36. The monoisotopic (exact) mass is 350 g/mol. The van der Waals surface area contributed by atoms with E-state index in [2.05, 4.69) is 36.0 Å². The van der Waals surface area contributed by atoms with Crippen LogP contribution in [0.4, 0.5) is 16.0 Å². The summed E-state index contributed by atoms with van der Waals surface area (Å²) in [6, 6.07) is 7.10. The molecular weight excluding hydrogens is 331 g/mol. The summed E-state index contributed by atoms with van der Waals surface area (Å²) in [7, 11) is 2.00. The third-order valence-corrected chi connectivity index (χ3v) is 5.45. The van der Waals surface area contributed by atoms with Gasteiger partial charge in [0, 0.05) is 25.5 Å². The highest BCUT2D eigenvalue weighted by Crippen LogP contribution is 2.30. The van der Waals surface area contributed by atoms with Crippen LogP contribution in [-0.2, 0) is 12.8 Å². The molecule has 0 unspecified atom stereocenters. The molecule has 2 aromatic heterocycles. The van der Waals surface area contributed by atoms with E-state index in [9.17, 15) is 4.39 Å². The Morgan fingerprint density at radius 2 is 2.00 bits per heavy atom. The minimum Gasteiger partial charge on any atom is -0.353 e. The van der Waals surface area contributed by atoms with Gasteiger partial charge in [-0.25, -0.2) is 14.4 Å². The SMILES string of the molecule is CN(c1ncnc2ccc(F)cc12)C1CN(c2cc3c(nn2)CCC3)C1. The Labute approximate surface area is 150 Å². The number of anilines is 2. The van der Waals surface area contributed by atoms with Crippen LogP contribution in [0.15, 0.2) is 30.6 Å². The molecule has 1 aliphatic carbocycles. The zero-order valence-electron chi connectivity index (χ0n) is 14.6. The Kier molecular flexibility index (Phi) is 3.48. The Morgan fingerprint density at radius 1 is 1.12 bits per heavy atom. The highest BCUT2D eigenvalue weighted by Gasteiger charge is 2.33. The average Bonchev–Trinajstić information content (AvgIpc) is 3.07. The van der Waals surface area contributed by atoms with Crippen molar-refractivity contribution in [2.45, 2.75) is 25.3 Å². The molecule has 1 aliphatic heterocycles. The lowest BCUT2D eigenvalue weighted by Crippen LogP contribution is -2.59. The first-order valence-electron chi connectivity index (χ1n) is 8.92. The summed E-state index contributed by atoms with van der Waals surface area (Å²) >= 11 is 0. The van der Waals surface area contributed by atoms with Gasteiger partial charge in [-0.15, -0.1) is 5.10 Å². The predicted octanol–water partition coefficient (Wildman–Crippen LogP) is 2.37. The molecular formula is C19H19FN6. The molecule has 26 heavy (non-hydrogen) atoms. The second-order valence-corrected chi connectivity index (χ2v) is 7.06. The molecule has 0 amide bonds. The number of fused-ring (bicyclic) bond motifs is 2. The molecule has 0 bridgehead atoms. The first-order chi connectivity index (χ1) is 12.7. The number of rotatable bonds is 3. The van der Waals surface area contributed by atoms with Gasteiger partial charge in [0.05, 0.1) is 17.3 Å². The fourth-order valence-corrected chi connectivity index (χ4v) is 3.83. The highest BCUT2D eigenvalue weighted by molar-refractivity contribution is 5.89. The lowest BCUT2D eigenvalue weighted by molar-refractivity contribution is 0.488. The molecule has 0 saturated carbocycles. The van der Waals surface area contributed by atoms with E-state index in [0.29, 0.717) is 6.04 Å². The van der Waals surface area contributed by atoms with Crippen molar-refractivity contribution in [3.8, 4) is 0 Å². The van der Waals surface area contributed by atoms with Crippen molar-refractivity contribution in [3.63, 3.8) is 0 Å². The lowest BCUT2D eigenvalue weighted by Gasteiger charge is -2.45. The molecule has 5 rings (SSSR count). The maximum atomic E-state index is 13.7. The van der Waals surface area contributed by atoms with Crippen molar-refractivity contribution < 1.29 is 4.39 Å². The summed E-state index contributed by atoms with van der Waals surface area (Å²) in [6.45, 7) is 1.70. The first-order valence-corrected chi connectivity index (χ1v) is 8.92. The van der Waals surface area contributed by atoms with Crippen LogP contribution in [0, 0.1) is 5.82 Å². The van der Waals surface area contributed by atoms with Gasteiger partial charge in [0.25, 0.3) is 0 Å². The molecule has 0 atom stereocenters. The van der Waals surface area contributed by atoms with Crippen LogP contribution >= 0.6 is 0 Å².